The molecule has 1 unspecified atom stereocenters. The molecule has 1 saturated carbocycles. The Hall–Kier alpha value is -0.730. The SMILES string of the molecule is O=C(O)C(c1ccc(Cl)cc1Cl)C1CCCCC1. The smallest absolute Gasteiger partial charge is 0.311 e. The van der Waals surface area contributed by atoms with Gasteiger partial charge in [0.1, 0.15) is 0 Å². The molecule has 1 N–H and O–H groups in total. The molecular formula is C14H16Cl2O2. The average Bonchev–Trinajstić information content (AvgIpc) is 2.33. The standard InChI is InChI=1S/C14H16Cl2O2/c15-10-6-7-11(12(16)8-10)13(14(17)18)9-4-2-1-3-5-9/h6-9,13H,1-5H2,(H,17,18). The van der Waals surface area contributed by atoms with Crippen LogP contribution in [0.15, 0.2) is 18.2 Å². The lowest BCUT2D eigenvalue weighted by Crippen LogP contribution is -2.24. The monoisotopic (exact) mass is 286 g/mol. The first kappa shape index (κ1) is 13.7. The van der Waals surface area contributed by atoms with Crippen molar-refractivity contribution in [1.82, 2.24) is 0 Å². The van der Waals surface area contributed by atoms with E-state index >= 15 is 0 Å². The van der Waals surface area contributed by atoms with E-state index in [0.29, 0.717) is 15.6 Å². The number of hydrogen-bond donors (Lipinski definition) is 1. The molecule has 0 spiro atoms. The van der Waals surface area contributed by atoms with Crippen LogP contribution in [0.25, 0.3) is 0 Å². The second-order valence-electron chi connectivity index (χ2n) is 4.88. The lowest BCUT2D eigenvalue weighted by Gasteiger charge is -2.28. The van der Waals surface area contributed by atoms with Crippen molar-refractivity contribution < 1.29 is 9.90 Å². The van der Waals surface area contributed by atoms with Gasteiger partial charge in [-0.3, -0.25) is 4.79 Å². The molecule has 98 valence electrons. The predicted octanol–water partition coefficient (Wildman–Crippen LogP) is 4.74. The fourth-order valence-corrected chi connectivity index (χ4v) is 3.34. The Morgan fingerprint density at radius 1 is 1.22 bits per heavy atom. The predicted molar refractivity (Wildman–Crippen MR) is 73.4 cm³/mol. The average molecular weight is 287 g/mol. The molecule has 0 aromatic heterocycles. The van der Waals surface area contributed by atoms with Crippen molar-refractivity contribution in [2.24, 2.45) is 5.92 Å². The highest BCUT2D eigenvalue weighted by Crippen LogP contribution is 2.39. The van der Waals surface area contributed by atoms with Crippen molar-refractivity contribution in [2.45, 2.75) is 38.0 Å². The van der Waals surface area contributed by atoms with E-state index in [0.717, 1.165) is 25.7 Å². The third-order valence-corrected chi connectivity index (χ3v) is 4.25. The zero-order valence-electron chi connectivity index (χ0n) is 10.0. The van der Waals surface area contributed by atoms with Crippen LogP contribution in [-0.4, -0.2) is 11.1 Å². The van der Waals surface area contributed by atoms with Crippen molar-refractivity contribution >= 4 is 29.2 Å². The van der Waals surface area contributed by atoms with Crippen LogP contribution in [0.1, 0.15) is 43.6 Å². The first-order valence-electron chi connectivity index (χ1n) is 6.27. The fourth-order valence-electron chi connectivity index (χ4n) is 2.81. The zero-order chi connectivity index (χ0) is 13.1. The molecule has 0 heterocycles. The van der Waals surface area contributed by atoms with Gasteiger partial charge in [0.2, 0.25) is 0 Å². The van der Waals surface area contributed by atoms with E-state index in [4.69, 9.17) is 23.2 Å². The van der Waals surface area contributed by atoms with Gasteiger partial charge in [0.15, 0.2) is 0 Å². The van der Waals surface area contributed by atoms with E-state index in [1.165, 1.54) is 6.42 Å². The van der Waals surface area contributed by atoms with Crippen molar-refractivity contribution in [1.29, 1.82) is 0 Å². The van der Waals surface area contributed by atoms with E-state index in [1.807, 2.05) is 0 Å². The second-order valence-corrected chi connectivity index (χ2v) is 5.72. The molecule has 1 atom stereocenters. The minimum Gasteiger partial charge on any atom is -0.481 e. The molecular weight excluding hydrogens is 271 g/mol. The molecule has 1 fully saturated rings. The van der Waals surface area contributed by atoms with Gasteiger partial charge >= 0.3 is 5.97 Å². The van der Waals surface area contributed by atoms with Crippen molar-refractivity contribution in [3.8, 4) is 0 Å². The van der Waals surface area contributed by atoms with Crippen LogP contribution in [0.5, 0.6) is 0 Å². The summed E-state index contributed by atoms with van der Waals surface area (Å²) in [6.07, 6.45) is 5.36. The summed E-state index contributed by atoms with van der Waals surface area (Å²) >= 11 is 12.0. The summed E-state index contributed by atoms with van der Waals surface area (Å²) in [5.41, 5.74) is 0.695. The number of carboxylic acid groups (broad SMARTS) is 1. The first-order chi connectivity index (χ1) is 8.59. The Labute approximate surface area is 117 Å². The normalized spacial score (nSPS) is 18.6. The summed E-state index contributed by atoms with van der Waals surface area (Å²) in [4.78, 5) is 11.5. The Morgan fingerprint density at radius 3 is 2.44 bits per heavy atom. The molecule has 18 heavy (non-hydrogen) atoms. The van der Waals surface area contributed by atoms with Crippen molar-refractivity contribution in [3.05, 3.63) is 33.8 Å². The van der Waals surface area contributed by atoms with Crippen molar-refractivity contribution in [2.75, 3.05) is 0 Å². The summed E-state index contributed by atoms with van der Waals surface area (Å²) in [5, 5.41) is 10.5. The van der Waals surface area contributed by atoms with Crippen molar-refractivity contribution in [3.63, 3.8) is 0 Å². The Kier molecular flexibility index (Phi) is 4.52. The molecule has 4 heteroatoms. The highest BCUT2D eigenvalue weighted by atomic mass is 35.5. The van der Waals surface area contributed by atoms with Crippen LogP contribution in [0.4, 0.5) is 0 Å². The Morgan fingerprint density at radius 2 is 1.89 bits per heavy atom. The number of rotatable bonds is 3. The number of carbonyl (C=O) groups is 1. The maximum atomic E-state index is 11.5. The molecule has 0 radical (unpaired) electrons. The largest absolute Gasteiger partial charge is 0.481 e. The molecule has 0 bridgehead atoms. The molecule has 1 aromatic rings. The zero-order valence-corrected chi connectivity index (χ0v) is 11.5. The summed E-state index contributed by atoms with van der Waals surface area (Å²) in [6.45, 7) is 0. The van der Waals surface area contributed by atoms with E-state index in [1.54, 1.807) is 18.2 Å². The van der Waals surface area contributed by atoms with Gasteiger partial charge < -0.3 is 5.11 Å². The number of aliphatic carboxylic acids is 1. The third-order valence-electron chi connectivity index (χ3n) is 3.68. The van der Waals surface area contributed by atoms with E-state index in [2.05, 4.69) is 0 Å². The Bertz CT molecular complexity index is 439. The minimum absolute atomic E-state index is 0.190. The molecule has 0 aliphatic heterocycles. The van der Waals surface area contributed by atoms with Gasteiger partial charge in [0, 0.05) is 10.0 Å². The summed E-state index contributed by atoms with van der Waals surface area (Å²) in [7, 11) is 0. The van der Waals surface area contributed by atoms with Gasteiger partial charge in [-0.2, -0.15) is 0 Å². The van der Waals surface area contributed by atoms with Crippen LogP contribution >= 0.6 is 23.2 Å². The molecule has 0 amide bonds. The van der Waals surface area contributed by atoms with Gasteiger partial charge in [0.05, 0.1) is 5.92 Å². The van der Waals surface area contributed by atoms with Gasteiger partial charge in [0.25, 0.3) is 0 Å². The minimum atomic E-state index is -0.786. The lowest BCUT2D eigenvalue weighted by molar-refractivity contribution is -0.140. The number of hydrogen-bond acceptors (Lipinski definition) is 1. The molecule has 0 saturated heterocycles. The quantitative estimate of drug-likeness (QED) is 0.871. The van der Waals surface area contributed by atoms with Crippen LogP contribution in [-0.2, 0) is 4.79 Å². The van der Waals surface area contributed by atoms with Gasteiger partial charge in [-0.1, -0.05) is 48.5 Å². The summed E-state index contributed by atoms with van der Waals surface area (Å²) < 4.78 is 0. The molecule has 1 aliphatic carbocycles. The third kappa shape index (κ3) is 2.99. The second kappa shape index (κ2) is 5.94. The fraction of sp³-hybridized carbons (Fsp3) is 0.500. The summed E-state index contributed by atoms with van der Waals surface area (Å²) in [6, 6.07) is 5.08. The van der Waals surface area contributed by atoms with Crippen LogP contribution in [0.2, 0.25) is 10.0 Å². The Balaban J connectivity index is 2.31. The number of halogens is 2. The van der Waals surface area contributed by atoms with E-state index in [-0.39, 0.29) is 5.92 Å². The van der Waals surface area contributed by atoms with Gasteiger partial charge in [-0.05, 0) is 36.5 Å². The van der Waals surface area contributed by atoms with E-state index in [9.17, 15) is 9.90 Å². The lowest BCUT2D eigenvalue weighted by atomic mass is 9.77. The highest BCUT2D eigenvalue weighted by Gasteiger charge is 2.32. The number of benzene rings is 1. The number of carboxylic acids is 1. The maximum absolute atomic E-state index is 11.5. The molecule has 1 aromatic carbocycles. The van der Waals surface area contributed by atoms with Gasteiger partial charge in [-0.15, -0.1) is 0 Å². The highest BCUT2D eigenvalue weighted by molar-refractivity contribution is 6.35. The maximum Gasteiger partial charge on any atom is 0.311 e. The molecule has 1 aliphatic rings. The first-order valence-corrected chi connectivity index (χ1v) is 7.03. The van der Waals surface area contributed by atoms with Crippen LogP contribution in [0, 0.1) is 5.92 Å². The summed E-state index contributed by atoms with van der Waals surface area (Å²) in [5.74, 6) is -1.10. The molecule has 2 rings (SSSR count). The van der Waals surface area contributed by atoms with E-state index < -0.39 is 11.9 Å². The molecule has 2 nitrogen and oxygen atoms in total. The van der Waals surface area contributed by atoms with Crippen LogP contribution < -0.4 is 0 Å². The topological polar surface area (TPSA) is 37.3 Å². The van der Waals surface area contributed by atoms with Gasteiger partial charge in [-0.25, -0.2) is 0 Å². The van der Waals surface area contributed by atoms with Crippen LogP contribution in [0.3, 0.4) is 0 Å².